The first kappa shape index (κ1) is 5.90. The number of rotatable bonds is 0. The highest BCUT2D eigenvalue weighted by Crippen LogP contribution is 2.29. The Morgan fingerprint density at radius 3 is 3.00 bits per heavy atom. The Morgan fingerprint density at radius 1 is 1.30 bits per heavy atom. The maximum absolute atomic E-state index is 11.2. The Hall–Kier alpha value is -0.850. The fourth-order valence-corrected chi connectivity index (χ4v) is 1.67. The summed E-state index contributed by atoms with van der Waals surface area (Å²) in [7, 11) is 0. The molecule has 52 valence electrons. The molecular formula is C9H10O. The highest BCUT2D eigenvalue weighted by molar-refractivity contribution is 5.98. The average molecular weight is 134 g/mol. The number of ketones is 1. The number of allylic oxidation sites excluding steroid dienone is 4. The lowest BCUT2D eigenvalue weighted by Crippen LogP contribution is -2.07. The van der Waals surface area contributed by atoms with Crippen LogP contribution in [0.25, 0.3) is 0 Å². The summed E-state index contributed by atoms with van der Waals surface area (Å²) >= 11 is 0. The van der Waals surface area contributed by atoms with Crippen LogP contribution in [0, 0.1) is 0 Å². The van der Waals surface area contributed by atoms with Crippen LogP contribution in [-0.4, -0.2) is 5.78 Å². The lowest BCUT2D eigenvalue weighted by atomic mass is 9.93. The first-order valence-electron chi connectivity index (χ1n) is 3.80. The van der Waals surface area contributed by atoms with Crippen LogP contribution in [0.15, 0.2) is 23.3 Å². The summed E-state index contributed by atoms with van der Waals surface area (Å²) in [4.78, 5) is 11.2. The molecule has 0 heterocycles. The maximum atomic E-state index is 11.2. The van der Waals surface area contributed by atoms with Gasteiger partial charge in [0.15, 0.2) is 5.78 Å². The van der Waals surface area contributed by atoms with E-state index >= 15 is 0 Å². The molecule has 2 aliphatic rings. The molecule has 2 rings (SSSR count). The zero-order chi connectivity index (χ0) is 6.97. The van der Waals surface area contributed by atoms with Crippen molar-refractivity contribution in [2.75, 3.05) is 0 Å². The summed E-state index contributed by atoms with van der Waals surface area (Å²) in [5, 5.41) is 0. The molecule has 10 heavy (non-hydrogen) atoms. The summed E-state index contributed by atoms with van der Waals surface area (Å²) in [6, 6.07) is 0. The van der Waals surface area contributed by atoms with Crippen LogP contribution in [-0.2, 0) is 4.79 Å². The predicted octanol–water partition coefficient (Wildman–Crippen LogP) is 2.00. The minimum Gasteiger partial charge on any atom is -0.295 e. The van der Waals surface area contributed by atoms with Crippen molar-refractivity contribution in [2.24, 2.45) is 0 Å². The topological polar surface area (TPSA) is 17.1 Å². The van der Waals surface area contributed by atoms with Crippen molar-refractivity contribution in [1.82, 2.24) is 0 Å². The van der Waals surface area contributed by atoms with Gasteiger partial charge in [-0.2, -0.15) is 0 Å². The summed E-state index contributed by atoms with van der Waals surface area (Å²) < 4.78 is 0. The standard InChI is InChI=1S/C9H10O/c10-9-6-2-4-7-3-1-5-8(7)9/h1,3H,2,4-6H2. The van der Waals surface area contributed by atoms with E-state index in [0.29, 0.717) is 5.78 Å². The van der Waals surface area contributed by atoms with Gasteiger partial charge in [-0.3, -0.25) is 4.79 Å². The van der Waals surface area contributed by atoms with Gasteiger partial charge in [-0.1, -0.05) is 12.2 Å². The monoisotopic (exact) mass is 134 g/mol. The Kier molecular flexibility index (Phi) is 1.23. The van der Waals surface area contributed by atoms with Crippen molar-refractivity contribution < 1.29 is 4.79 Å². The third-order valence-electron chi connectivity index (χ3n) is 2.22. The van der Waals surface area contributed by atoms with Crippen LogP contribution in [0.4, 0.5) is 0 Å². The van der Waals surface area contributed by atoms with Gasteiger partial charge >= 0.3 is 0 Å². The zero-order valence-corrected chi connectivity index (χ0v) is 5.89. The molecular weight excluding hydrogens is 124 g/mol. The quantitative estimate of drug-likeness (QED) is 0.495. The Labute approximate surface area is 60.4 Å². The van der Waals surface area contributed by atoms with E-state index in [4.69, 9.17) is 0 Å². The van der Waals surface area contributed by atoms with Gasteiger partial charge in [-0.25, -0.2) is 0 Å². The molecule has 0 spiro atoms. The molecule has 1 nitrogen and oxygen atoms in total. The highest BCUT2D eigenvalue weighted by atomic mass is 16.1. The average Bonchev–Trinajstić information content (AvgIpc) is 2.36. The molecule has 1 heteroatoms. The smallest absolute Gasteiger partial charge is 0.159 e. The third-order valence-corrected chi connectivity index (χ3v) is 2.22. The first-order chi connectivity index (χ1) is 4.88. The largest absolute Gasteiger partial charge is 0.295 e. The lowest BCUT2D eigenvalue weighted by Gasteiger charge is -2.11. The number of hydrogen-bond donors (Lipinski definition) is 0. The van der Waals surface area contributed by atoms with Crippen LogP contribution in [0.3, 0.4) is 0 Å². The molecule has 0 aromatic heterocycles. The van der Waals surface area contributed by atoms with Crippen molar-refractivity contribution in [3.63, 3.8) is 0 Å². The molecule has 0 amide bonds. The van der Waals surface area contributed by atoms with Crippen LogP contribution in [0.5, 0.6) is 0 Å². The maximum Gasteiger partial charge on any atom is 0.159 e. The zero-order valence-electron chi connectivity index (χ0n) is 5.89. The second kappa shape index (κ2) is 2.08. The van der Waals surface area contributed by atoms with Crippen molar-refractivity contribution in [2.45, 2.75) is 25.7 Å². The SMILES string of the molecule is O=C1CCCC2=C1CC=C2. The predicted molar refractivity (Wildman–Crippen MR) is 39.6 cm³/mol. The van der Waals surface area contributed by atoms with Gasteiger partial charge in [0.1, 0.15) is 0 Å². The van der Waals surface area contributed by atoms with E-state index < -0.39 is 0 Å². The normalized spacial score (nSPS) is 23.8. The fraction of sp³-hybridized carbons (Fsp3) is 0.444. The van der Waals surface area contributed by atoms with Crippen molar-refractivity contribution in [1.29, 1.82) is 0 Å². The number of carbonyl (C=O) groups excluding carboxylic acids is 1. The molecule has 0 aliphatic heterocycles. The van der Waals surface area contributed by atoms with E-state index in [1.807, 2.05) is 0 Å². The molecule has 0 saturated heterocycles. The molecule has 0 unspecified atom stereocenters. The Balaban J connectivity index is 2.36. The van der Waals surface area contributed by atoms with E-state index in [1.165, 1.54) is 5.57 Å². The van der Waals surface area contributed by atoms with E-state index in [2.05, 4.69) is 12.2 Å². The second-order valence-corrected chi connectivity index (χ2v) is 2.89. The summed E-state index contributed by atoms with van der Waals surface area (Å²) in [6.07, 6.45) is 8.05. The van der Waals surface area contributed by atoms with Gasteiger partial charge in [0.25, 0.3) is 0 Å². The molecule has 0 atom stereocenters. The van der Waals surface area contributed by atoms with E-state index in [0.717, 1.165) is 31.3 Å². The number of hydrogen-bond acceptors (Lipinski definition) is 1. The molecule has 0 bridgehead atoms. The van der Waals surface area contributed by atoms with Gasteiger partial charge in [-0.05, 0) is 24.8 Å². The van der Waals surface area contributed by atoms with Gasteiger partial charge in [0.05, 0.1) is 0 Å². The van der Waals surface area contributed by atoms with Gasteiger partial charge in [0.2, 0.25) is 0 Å². The van der Waals surface area contributed by atoms with Gasteiger partial charge < -0.3 is 0 Å². The minimum absolute atomic E-state index is 0.381. The molecule has 2 aliphatic carbocycles. The fourth-order valence-electron chi connectivity index (χ4n) is 1.67. The molecule has 0 aromatic carbocycles. The van der Waals surface area contributed by atoms with E-state index in [1.54, 1.807) is 0 Å². The Morgan fingerprint density at radius 2 is 2.20 bits per heavy atom. The van der Waals surface area contributed by atoms with Crippen molar-refractivity contribution in [3.8, 4) is 0 Å². The van der Waals surface area contributed by atoms with Crippen LogP contribution in [0.2, 0.25) is 0 Å². The Bertz CT molecular complexity index is 233. The molecule has 0 fully saturated rings. The van der Waals surface area contributed by atoms with E-state index in [9.17, 15) is 4.79 Å². The van der Waals surface area contributed by atoms with Crippen molar-refractivity contribution >= 4 is 5.78 Å². The van der Waals surface area contributed by atoms with E-state index in [-0.39, 0.29) is 0 Å². The molecule has 0 radical (unpaired) electrons. The summed E-state index contributed by atoms with van der Waals surface area (Å²) in [5.41, 5.74) is 2.39. The van der Waals surface area contributed by atoms with Crippen LogP contribution >= 0.6 is 0 Å². The molecule has 0 saturated carbocycles. The van der Waals surface area contributed by atoms with Crippen LogP contribution < -0.4 is 0 Å². The third kappa shape index (κ3) is 0.737. The number of Topliss-reactive ketones (excluding diaryl/α,β-unsaturated/α-hetero) is 1. The minimum atomic E-state index is 0.381. The number of carbonyl (C=O) groups is 1. The van der Waals surface area contributed by atoms with Gasteiger partial charge in [0, 0.05) is 12.0 Å². The first-order valence-corrected chi connectivity index (χ1v) is 3.80. The molecule has 0 N–H and O–H groups in total. The van der Waals surface area contributed by atoms with Crippen molar-refractivity contribution in [3.05, 3.63) is 23.3 Å². The highest BCUT2D eigenvalue weighted by Gasteiger charge is 2.20. The van der Waals surface area contributed by atoms with Crippen LogP contribution in [0.1, 0.15) is 25.7 Å². The summed E-state index contributed by atoms with van der Waals surface area (Å²) in [6.45, 7) is 0. The lowest BCUT2D eigenvalue weighted by molar-refractivity contribution is -0.116. The summed E-state index contributed by atoms with van der Waals surface area (Å²) in [5.74, 6) is 0.381. The molecule has 0 aromatic rings. The second-order valence-electron chi connectivity index (χ2n) is 2.89. The van der Waals surface area contributed by atoms with Gasteiger partial charge in [-0.15, -0.1) is 0 Å².